The number of fused-ring (bicyclic) bond motifs is 2. The van der Waals surface area contributed by atoms with Gasteiger partial charge in [-0.05, 0) is 102 Å². The molecule has 2 aromatic carbocycles. The lowest BCUT2D eigenvalue weighted by molar-refractivity contribution is 0.0861. The van der Waals surface area contributed by atoms with Crippen molar-refractivity contribution >= 4 is 20.6 Å². The van der Waals surface area contributed by atoms with Crippen molar-refractivity contribution in [3.63, 3.8) is 0 Å². The van der Waals surface area contributed by atoms with Crippen LogP contribution in [0.3, 0.4) is 0 Å². The second-order valence-corrected chi connectivity index (χ2v) is 14.4. The first kappa shape index (κ1) is 27.4. The van der Waals surface area contributed by atoms with Gasteiger partial charge < -0.3 is 10.2 Å². The quantitative estimate of drug-likeness (QED) is 0.428. The molecule has 204 valence electrons. The van der Waals surface area contributed by atoms with E-state index in [2.05, 4.69) is 32.6 Å². The number of rotatable bonds is 6. The molecule has 0 radical (unpaired) electrons. The number of sulfone groups is 1. The van der Waals surface area contributed by atoms with E-state index in [0.29, 0.717) is 41.9 Å². The summed E-state index contributed by atoms with van der Waals surface area (Å²) in [6, 6.07) is 13.4. The number of aliphatic hydroxyl groups is 2. The van der Waals surface area contributed by atoms with Gasteiger partial charge in [0.25, 0.3) is 0 Å². The van der Waals surface area contributed by atoms with Crippen molar-refractivity contribution < 1.29 is 18.6 Å². The Hall–Kier alpha value is -2.21. The molecule has 2 N–H and O–H groups in total. The van der Waals surface area contributed by atoms with Crippen LogP contribution >= 0.6 is 0 Å². The molecule has 3 fully saturated rings. The zero-order chi connectivity index (χ0) is 27.1. The number of aliphatic hydroxyl groups excluding tert-OH is 2. The Morgan fingerprint density at radius 3 is 2.66 bits per heavy atom. The van der Waals surface area contributed by atoms with Crippen molar-refractivity contribution in [2.24, 2.45) is 23.2 Å². The molecule has 3 aliphatic carbocycles. The summed E-state index contributed by atoms with van der Waals surface area (Å²) in [7, 11) is -3.34. The van der Waals surface area contributed by atoms with Crippen LogP contribution in [0, 0.1) is 23.2 Å². The number of hydrogen-bond donors (Lipinski definition) is 2. The predicted octanol–water partition coefficient (Wildman–Crippen LogP) is 6.78. The molecule has 0 unspecified atom stereocenters. The maximum absolute atomic E-state index is 13.3. The van der Waals surface area contributed by atoms with Crippen molar-refractivity contribution in [1.29, 1.82) is 0 Å². The fourth-order valence-electron chi connectivity index (χ4n) is 7.70. The fraction of sp³-hybridized carbons (Fsp3) is 0.515. The number of allylic oxidation sites excluding steroid dienone is 3. The molecule has 6 atom stereocenters. The summed E-state index contributed by atoms with van der Waals surface area (Å²) in [5.41, 5.74) is 3.33. The van der Waals surface area contributed by atoms with Gasteiger partial charge in [0, 0.05) is 6.42 Å². The minimum atomic E-state index is -3.34. The maximum atomic E-state index is 13.3. The Kier molecular flexibility index (Phi) is 7.74. The van der Waals surface area contributed by atoms with Crippen LogP contribution in [0.2, 0.25) is 0 Å². The van der Waals surface area contributed by atoms with E-state index in [4.69, 9.17) is 0 Å². The predicted molar refractivity (Wildman–Crippen MR) is 155 cm³/mol. The highest BCUT2D eigenvalue weighted by Crippen LogP contribution is 2.59. The van der Waals surface area contributed by atoms with E-state index >= 15 is 0 Å². The van der Waals surface area contributed by atoms with E-state index in [0.717, 1.165) is 47.6 Å². The summed E-state index contributed by atoms with van der Waals surface area (Å²) in [6.07, 6.45) is 10.4. The average molecular weight is 535 g/mol. The summed E-state index contributed by atoms with van der Waals surface area (Å²) in [6.45, 7) is 8.74. The van der Waals surface area contributed by atoms with Crippen LogP contribution in [-0.4, -0.2) is 36.6 Å². The Bertz CT molecular complexity index is 1370. The van der Waals surface area contributed by atoms with Crippen LogP contribution in [0.15, 0.2) is 82.8 Å². The van der Waals surface area contributed by atoms with Crippen LogP contribution in [0.4, 0.5) is 0 Å². The summed E-state index contributed by atoms with van der Waals surface area (Å²) >= 11 is 0. The maximum Gasteiger partial charge on any atom is 0.178 e. The highest BCUT2D eigenvalue weighted by Gasteiger charge is 2.50. The normalized spacial score (nSPS) is 33.1. The molecule has 0 saturated heterocycles. The van der Waals surface area contributed by atoms with Crippen LogP contribution in [0.1, 0.15) is 65.2 Å². The van der Waals surface area contributed by atoms with Crippen LogP contribution in [0.5, 0.6) is 0 Å². The van der Waals surface area contributed by atoms with Gasteiger partial charge in [-0.25, -0.2) is 8.42 Å². The largest absolute Gasteiger partial charge is 0.393 e. The van der Waals surface area contributed by atoms with Crippen molar-refractivity contribution in [2.75, 3.05) is 5.75 Å². The van der Waals surface area contributed by atoms with Gasteiger partial charge in [0.2, 0.25) is 0 Å². The second-order valence-electron chi connectivity index (χ2n) is 12.3. The molecule has 2 aromatic rings. The lowest BCUT2D eigenvalue weighted by Gasteiger charge is -2.44. The van der Waals surface area contributed by atoms with E-state index in [1.807, 2.05) is 36.4 Å². The SMILES string of the molecule is C=C1C(=CC=C2CCC[C@]3(C)[C@@H]([C@H](C)CCS(=O)(=O)c4ccc5ccccc5c4)CC[C@@H]23)C[C@@H](O)C[C@@H]1O. The Labute approximate surface area is 228 Å². The van der Waals surface area contributed by atoms with Gasteiger partial charge in [0.05, 0.1) is 22.9 Å². The molecule has 38 heavy (non-hydrogen) atoms. The zero-order valence-electron chi connectivity index (χ0n) is 22.8. The van der Waals surface area contributed by atoms with Crippen LogP contribution in [0.25, 0.3) is 10.8 Å². The molecule has 5 rings (SSSR count). The van der Waals surface area contributed by atoms with Crippen molar-refractivity contribution in [2.45, 2.75) is 82.3 Å². The minimum Gasteiger partial charge on any atom is -0.393 e. The smallest absolute Gasteiger partial charge is 0.178 e. The minimum absolute atomic E-state index is 0.178. The highest BCUT2D eigenvalue weighted by atomic mass is 32.2. The Balaban J connectivity index is 1.28. The first-order valence-electron chi connectivity index (χ1n) is 14.2. The van der Waals surface area contributed by atoms with Gasteiger partial charge >= 0.3 is 0 Å². The van der Waals surface area contributed by atoms with E-state index in [-0.39, 0.29) is 11.2 Å². The molecule has 0 heterocycles. The molecule has 3 aliphatic rings. The lowest BCUT2D eigenvalue weighted by atomic mass is 9.61. The number of hydrogen-bond acceptors (Lipinski definition) is 4. The molecule has 5 heteroatoms. The zero-order valence-corrected chi connectivity index (χ0v) is 23.6. The van der Waals surface area contributed by atoms with Gasteiger partial charge in [-0.2, -0.15) is 0 Å². The number of benzene rings is 2. The van der Waals surface area contributed by atoms with Gasteiger partial charge in [-0.1, -0.05) is 68.5 Å². The fourth-order valence-corrected chi connectivity index (χ4v) is 9.20. The van der Waals surface area contributed by atoms with Gasteiger partial charge in [0.1, 0.15) is 0 Å². The van der Waals surface area contributed by atoms with Gasteiger partial charge in [-0.15, -0.1) is 0 Å². The van der Waals surface area contributed by atoms with E-state index in [9.17, 15) is 18.6 Å². The second kappa shape index (κ2) is 10.7. The molecule has 3 saturated carbocycles. The highest BCUT2D eigenvalue weighted by molar-refractivity contribution is 7.91. The Morgan fingerprint density at radius 1 is 1.11 bits per heavy atom. The summed E-state index contributed by atoms with van der Waals surface area (Å²) in [5, 5.41) is 22.3. The third-order valence-corrected chi connectivity index (χ3v) is 11.7. The Morgan fingerprint density at radius 2 is 1.87 bits per heavy atom. The molecule has 4 nitrogen and oxygen atoms in total. The summed E-state index contributed by atoms with van der Waals surface area (Å²) in [4.78, 5) is 0.425. The third kappa shape index (κ3) is 5.30. The summed E-state index contributed by atoms with van der Waals surface area (Å²) < 4.78 is 26.5. The van der Waals surface area contributed by atoms with Crippen molar-refractivity contribution in [1.82, 2.24) is 0 Å². The summed E-state index contributed by atoms with van der Waals surface area (Å²) in [5.74, 6) is 1.53. The molecule has 0 aliphatic heterocycles. The van der Waals surface area contributed by atoms with Crippen molar-refractivity contribution in [3.8, 4) is 0 Å². The van der Waals surface area contributed by atoms with Gasteiger partial charge in [-0.3, -0.25) is 0 Å². The van der Waals surface area contributed by atoms with E-state index < -0.39 is 22.0 Å². The van der Waals surface area contributed by atoms with Crippen molar-refractivity contribution in [3.05, 3.63) is 77.9 Å². The first-order chi connectivity index (χ1) is 18.1. The van der Waals surface area contributed by atoms with Crippen LogP contribution < -0.4 is 0 Å². The van der Waals surface area contributed by atoms with Crippen LogP contribution in [-0.2, 0) is 9.84 Å². The van der Waals surface area contributed by atoms with E-state index in [1.54, 1.807) is 6.07 Å². The van der Waals surface area contributed by atoms with E-state index in [1.165, 1.54) is 12.0 Å². The monoisotopic (exact) mass is 534 g/mol. The molecular weight excluding hydrogens is 492 g/mol. The molecule has 0 aromatic heterocycles. The lowest BCUT2D eigenvalue weighted by Crippen LogP contribution is -2.36. The molecule has 0 bridgehead atoms. The molecule has 0 spiro atoms. The molecule has 0 amide bonds. The third-order valence-electron chi connectivity index (χ3n) is 9.91. The van der Waals surface area contributed by atoms with Gasteiger partial charge in [0.15, 0.2) is 9.84 Å². The topological polar surface area (TPSA) is 74.6 Å². The molecular formula is C33H42O4S. The standard InChI is InChI=1S/C33H42O4S/c1-22(16-18-38(36,37)29-13-12-24-7-4-5-8-27(24)20-29)30-14-15-31-25(9-6-17-33(30,31)3)10-11-26-19-28(34)21-32(35)23(26)2/h4-5,7-8,10-13,20,22,28,30-32,34-35H,2,6,9,14-19,21H2,1,3H3/t22-,28-,30-,31+,32+,33-/m1/s1. The first-order valence-corrected chi connectivity index (χ1v) is 15.9. The average Bonchev–Trinajstić information content (AvgIpc) is 3.25.